The van der Waals surface area contributed by atoms with E-state index in [1.54, 1.807) is 0 Å². The van der Waals surface area contributed by atoms with E-state index in [0.29, 0.717) is 25.3 Å². The average Bonchev–Trinajstić information content (AvgIpc) is 3.17. The van der Waals surface area contributed by atoms with Gasteiger partial charge >= 0.3 is 0 Å². The Bertz CT molecular complexity index is 540. The first-order valence-corrected chi connectivity index (χ1v) is 9.66. The van der Waals surface area contributed by atoms with Crippen molar-refractivity contribution in [2.75, 3.05) is 39.5 Å². The van der Waals surface area contributed by atoms with Crippen molar-refractivity contribution in [2.24, 2.45) is 0 Å². The van der Waals surface area contributed by atoms with Crippen LogP contribution >= 0.6 is 0 Å². The van der Waals surface area contributed by atoms with Crippen LogP contribution in [0.4, 0.5) is 0 Å². The molecule has 26 heavy (non-hydrogen) atoms. The summed E-state index contributed by atoms with van der Waals surface area (Å²) in [7, 11) is 0. The predicted octanol–water partition coefficient (Wildman–Crippen LogP) is 1.44. The van der Waals surface area contributed by atoms with Crippen molar-refractivity contribution in [3.8, 4) is 0 Å². The first kappa shape index (κ1) is 19.3. The SMILES string of the molecule is O=C(NC1CCN(CC(O)COCC2CCCO2)CC1)c1ccccc1. The molecule has 2 fully saturated rings. The van der Waals surface area contributed by atoms with E-state index in [2.05, 4.69) is 10.2 Å². The first-order valence-electron chi connectivity index (χ1n) is 9.66. The maximum absolute atomic E-state index is 12.2. The second-order valence-electron chi connectivity index (χ2n) is 7.24. The molecule has 2 saturated heterocycles. The smallest absolute Gasteiger partial charge is 0.251 e. The Kier molecular flexibility index (Phi) is 7.43. The van der Waals surface area contributed by atoms with Gasteiger partial charge < -0.3 is 24.8 Å². The second kappa shape index (κ2) is 10.0. The van der Waals surface area contributed by atoms with Crippen molar-refractivity contribution in [1.82, 2.24) is 10.2 Å². The number of nitrogens with zero attached hydrogens (tertiary/aromatic N) is 1. The monoisotopic (exact) mass is 362 g/mol. The molecule has 1 aromatic carbocycles. The van der Waals surface area contributed by atoms with Crippen molar-refractivity contribution >= 4 is 5.91 Å². The maximum Gasteiger partial charge on any atom is 0.251 e. The molecule has 6 heteroatoms. The summed E-state index contributed by atoms with van der Waals surface area (Å²) in [5.74, 6) is -0.00776. The highest BCUT2D eigenvalue weighted by Gasteiger charge is 2.23. The largest absolute Gasteiger partial charge is 0.389 e. The zero-order valence-electron chi connectivity index (χ0n) is 15.3. The molecule has 1 aromatic rings. The third kappa shape index (κ3) is 6.06. The van der Waals surface area contributed by atoms with E-state index in [9.17, 15) is 9.90 Å². The van der Waals surface area contributed by atoms with E-state index in [-0.39, 0.29) is 18.1 Å². The third-order valence-corrected chi connectivity index (χ3v) is 5.07. The quantitative estimate of drug-likeness (QED) is 0.732. The van der Waals surface area contributed by atoms with E-state index < -0.39 is 6.10 Å². The fourth-order valence-electron chi connectivity index (χ4n) is 3.58. The van der Waals surface area contributed by atoms with Crippen LogP contribution in [0.15, 0.2) is 30.3 Å². The summed E-state index contributed by atoms with van der Waals surface area (Å²) in [5, 5.41) is 13.3. The Morgan fingerprint density at radius 3 is 2.73 bits per heavy atom. The minimum atomic E-state index is -0.480. The van der Waals surface area contributed by atoms with Gasteiger partial charge in [-0.15, -0.1) is 0 Å². The minimum absolute atomic E-state index is 0.00776. The lowest BCUT2D eigenvalue weighted by Gasteiger charge is -2.33. The van der Waals surface area contributed by atoms with Gasteiger partial charge in [-0.05, 0) is 37.8 Å². The number of amides is 1. The van der Waals surface area contributed by atoms with Gasteiger partial charge in [0.25, 0.3) is 5.91 Å². The zero-order valence-corrected chi connectivity index (χ0v) is 15.3. The van der Waals surface area contributed by atoms with Gasteiger partial charge in [0.05, 0.1) is 25.4 Å². The molecule has 1 amide bonds. The Balaban J connectivity index is 1.30. The van der Waals surface area contributed by atoms with E-state index in [0.717, 1.165) is 45.4 Å². The Morgan fingerprint density at radius 1 is 1.27 bits per heavy atom. The van der Waals surface area contributed by atoms with Gasteiger partial charge in [0.15, 0.2) is 0 Å². The summed E-state index contributed by atoms with van der Waals surface area (Å²) in [6.07, 6.45) is 3.69. The van der Waals surface area contributed by atoms with E-state index in [4.69, 9.17) is 9.47 Å². The highest BCUT2D eigenvalue weighted by atomic mass is 16.5. The molecule has 0 aliphatic carbocycles. The number of likely N-dealkylation sites (tertiary alicyclic amines) is 1. The Labute approximate surface area is 155 Å². The molecule has 2 unspecified atom stereocenters. The predicted molar refractivity (Wildman–Crippen MR) is 99.2 cm³/mol. The molecule has 144 valence electrons. The number of benzene rings is 1. The maximum atomic E-state index is 12.2. The highest BCUT2D eigenvalue weighted by Crippen LogP contribution is 2.13. The number of piperidine rings is 1. The zero-order chi connectivity index (χ0) is 18.2. The lowest BCUT2D eigenvalue weighted by atomic mass is 10.0. The van der Waals surface area contributed by atoms with Crippen molar-refractivity contribution in [3.05, 3.63) is 35.9 Å². The summed E-state index contributed by atoms with van der Waals surface area (Å²) < 4.78 is 11.1. The second-order valence-corrected chi connectivity index (χ2v) is 7.24. The van der Waals surface area contributed by atoms with Gasteiger partial charge in [0.2, 0.25) is 0 Å². The number of hydrogen-bond acceptors (Lipinski definition) is 5. The number of aliphatic hydroxyl groups is 1. The molecular weight excluding hydrogens is 332 g/mol. The van der Waals surface area contributed by atoms with Crippen LogP contribution in [-0.4, -0.2) is 73.6 Å². The molecule has 6 nitrogen and oxygen atoms in total. The number of rotatable bonds is 8. The standard InChI is InChI=1S/C20H30N2O4/c23-18(14-25-15-19-7-4-12-26-19)13-22-10-8-17(9-11-22)21-20(24)16-5-2-1-3-6-16/h1-3,5-6,17-19,23H,4,7-15H2,(H,21,24). The molecule has 0 radical (unpaired) electrons. The molecule has 2 aliphatic heterocycles. The average molecular weight is 362 g/mol. The van der Waals surface area contributed by atoms with Gasteiger partial charge in [-0.2, -0.15) is 0 Å². The van der Waals surface area contributed by atoms with Crippen LogP contribution in [0.25, 0.3) is 0 Å². The molecule has 0 aromatic heterocycles. The van der Waals surface area contributed by atoms with Gasteiger partial charge in [0.1, 0.15) is 0 Å². The molecule has 0 spiro atoms. The van der Waals surface area contributed by atoms with Crippen molar-refractivity contribution in [1.29, 1.82) is 0 Å². The van der Waals surface area contributed by atoms with E-state index in [1.807, 2.05) is 30.3 Å². The van der Waals surface area contributed by atoms with Crippen LogP contribution in [0, 0.1) is 0 Å². The summed E-state index contributed by atoms with van der Waals surface area (Å²) in [5.41, 5.74) is 0.703. The lowest BCUT2D eigenvalue weighted by molar-refractivity contribution is -0.0268. The number of carbonyl (C=O) groups is 1. The number of aliphatic hydroxyl groups excluding tert-OH is 1. The number of nitrogens with one attached hydrogen (secondary N) is 1. The summed E-state index contributed by atoms with van der Waals surface area (Å²) in [4.78, 5) is 14.4. The summed E-state index contributed by atoms with van der Waals surface area (Å²) >= 11 is 0. The highest BCUT2D eigenvalue weighted by molar-refractivity contribution is 5.94. The molecule has 0 saturated carbocycles. The number of hydrogen-bond donors (Lipinski definition) is 2. The van der Waals surface area contributed by atoms with Gasteiger partial charge in [-0.25, -0.2) is 0 Å². The van der Waals surface area contributed by atoms with Crippen molar-refractivity contribution in [3.63, 3.8) is 0 Å². The fraction of sp³-hybridized carbons (Fsp3) is 0.650. The summed E-state index contributed by atoms with van der Waals surface area (Å²) in [6.45, 7) is 4.12. The van der Waals surface area contributed by atoms with Gasteiger partial charge in [-0.1, -0.05) is 18.2 Å². The van der Waals surface area contributed by atoms with Gasteiger partial charge in [-0.3, -0.25) is 4.79 Å². The van der Waals surface area contributed by atoms with E-state index in [1.165, 1.54) is 0 Å². The number of β-amino-alcohol motifs (C(OH)–C–C–N with tert-alkyl or cyclic N) is 1. The fourth-order valence-corrected chi connectivity index (χ4v) is 3.58. The molecule has 2 N–H and O–H groups in total. The van der Waals surface area contributed by atoms with Crippen LogP contribution in [0.5, 0.6) is 0 Å². The van der Waals surface area contributed by atoms with Crippen molar-refractivity contribution < 1.29 is 19.4 Å². The van der Waals surface area contributed by atoms with Crippen LogP contribution in [0.3, 0.4) is 0 Å². The van der Waals surface area contributed by atoms with Gasteiger partial charge in [0, 0.05) is 37.8 Å². The minimum Gasteiger partial charge on any atom is -0.389 e. The molecule has 0 bridgehead atoms. The molecule has 3 rings (SSSR count). The number of carbonyl (C=O) groups excluding carboxylic acids is 1. The topological polar surface area (TPSA) is 71.0 Å². The molecular formula is C20H30N2O4. The van der Waals surface area contributed by atoms with E-state index >= 15 is 0 Å². The molecule has 2 atom stereocenters. The molecule has 2 aliphatic rings. The van der Waals surface area contributed by atoms with Crippen LogP contribution in [0.1, 0.15) is 36.0 Å². The third-order valence-electron chi connectivity index (χ3n) is 5.07. The summed E-state index contributed by atoms with van der Waals surface area (Å²) in [6, 6.07) is 9.52. The number of ether oxygens (including phenoxy) is 2. The molecule has 2 heterocycles. The van der Waals surface area contributed by atoms with Crippen LogP contribution < -0.4 is 5.32 Å². The van der Waals surface area contributed by atoms with Crippen LogP contribution in [-0.2, 0) is 9.47 Å². The van der Waals surface area contributed by atoms with Crippen LogP contribution in [0.2, 0.25) is 0 Å². The van der Waals surface area contributed by atoms with Crippen molar-refractivity contribution in [2.45, 2.75) is 43.9 Å². The first-order chi connectivity index (χ1) is 12.7. The lowest BCUT2D eigenvalue weighted by Crippen LogP contribution is -2.47. The normalized spacial score (nSPS) is 23.0. The Hall–Kier alpha value is -1.47. The Morgan fingerprint density at radius 2 is 2.04 bits per heavy atom.